The van der Waals surface area contributed by atoms with Crippen molar-refractivity contribution in [1.82, 2.24) is 0 Å². The summed E-state index contributed by atoms with van der Waals surface area (Å²) in [5, 5.41) is 1.92. The summed E-state index contributed by atoms with van der Waals surface area (Å²) in [7, 11) is 1.64. The molecule has 15 heavy (non-hydrogen) atoms. The first kappa shape index (κ1) is 9.93. The van der Waals surface area contributed by atoms with Gasteiger partial charge in [0.1, 0.15) is 5.75 Å². The lowest BCUT2D eigenvalue weighted by atomic mass is 10.1. The van der Waals surface area contributed by atoms with Gasteiger partial charge in [-0.1, -0.05) is 0 Å². The normalized spacial score (nSPS) is 9.93. The largest absolute Gasteiger partial charge is 0.497 e. The minimum Gasteiger partial charge on any atom is -0.497 e. The highest BCUT2D eigenvalue weighted by molar-refractivity contribution is 7.14. The van der Waals surface area contributed by atoms with Crippen LogP contribution in [0.3, 0.4) is 0 Å². The molecule has 0 radical (unpaired) electrons. The molecule has 1 aromatic carbocycles. The molecular formula is C12H10O2S. The zero-order valence-electron chi connectivity index (χ0n) is 8.27. The summed E-state index contributed by atoms with van der Waals surface area (Å²) < 4.78 is 5.08. The molecule has 0 saturated heterocycles. The van der Waals surface area contributed by atoms with Crippen LogP contribution >= 0.6 is 11.3 Å². The van der Waals surface area contributed by atoms with Crippen LogP contribution in [0, 0.1) is 0 Å². The van der Waals surface area contributed by atoms with E-state index in [4.69, 9.17) is 4.74 Å². The number of hydrogen-bond acceptors (Lipinski definition) is 3. The summed E-state index contributed by atoms with van der Waals surface area (Å²) >= 11 is 1.57. The first-order valence-electron chi connectivity index (χ1n) is 4.52. The van der Waals surface area contributed by atoms with Crippen molar-refractivity contribution in [2.24, 2.45) is 0 Å². The Kier molecular flexibility index (Phi) is 2.83. The number of thiophene rings is 1. The van der Waals surface area contributed by atoms with Crippen molar-refractivity contribution >= 4 is 17.6 Å². The van der Waals surface area contributed by atoms with Gasteiger partial charge >= 0.3 is 0 Å². The van der Waals surface area contributed by atoms with Gasteiger partial charge in [0.2, 0.25) is 0 Å². The molecule has 0 N–H and O–H groups in total. The van der Waals surface area contributed by atoms with E-state index in [0.717, 1.165) is 28.0 Å². The molecule has 76 valence electrons. The summed E-state index contributed by atoms with van der Waals surface area (Å²) in [6, 6.07) is 9.53. The van der Waals surface area contributed by atoms with Crippen molar-refractivity contribution in [2.75, 3.05) is 7.11 Å². The molecule has 2 aromatic rings. The number of carbonyl (C=O) groups is 1. The van der Waals surface area contributed by atoms with Crippen molar-refractivity contribution in [1.29, 1.82) is 0 Å². The standard InChI is InChI=1S/C12H10O2S/c1-14-11-4-2-9(3-5-11)12-10(8-13)6-7-15-12/h2-8H,1H3. The topological polar surface area (TPSA) is 26.3 Å². The van der Waals surface area contributed by atoms with Crippen LogP contribution in [0.1, 0.15) is 10.4 Å². The Balaban J connectivity index is 2.41. The van der Waals surface area contributed by atoms with Gasteiger partial charge in [-0.05, 0) is 41.3 Å². The molecule has 0 saturated carbocycles. The van der Waals surface area contributed by atoms with Crippen LogP contribution in [0.2, 0.25) is 0 Å². The summed E-state index contributed by atoms with van der Waals surface area (Å²) in [5.41, 5.74) is 1.79. The molecule has 3 heteroatoms. The van der Waals surface area contributed by atoms with E-state index in [2.05, 4.69) is 0 Å². The molecule has 1 heterocycles. The summed E-state index contributed by atoms with van der Waals surface area (Å²) in [6.07, 6.45) is 0.885. The van der Waals surface area contributed by atoms with Gasteiger partial charge in [0.15, 0.2) is 6.29 Å². The maximum absolute atomic E-state index is 10.8. The van der Waals surface area contributed by atoms with Crippen LogP contribution in [-0.4, -0.2) is 13.4 Å². The van der Waals surface area contributed by atoms with Crippen LogP contribution in [0.4, 0.5) is 0 Å². The molecule has 0 aliphatic carbocycles. The maximum atomic E-state index is 10.8. The predicted molar refractivity (Wildman–Crippen MR) is 61.7 cm³/mol. The van der Waals surface area contributed by atoms with Crippen LogP contribution < -0.4 is 4.74 Å². The Morgan fingerprint density at radius 1 is 1.20 bits per heavy atom. The highest BCUT2D eigenvalue weighted by atomic mass is 32.1. The highest BCUT2D eigenvalue weighted by Crippen LogP contribution is 2.29. The quantitative estimate of drug-likeness (QED) is 0.739. The van der Waals surface area contributed by atoms with Gasteiger partial charge in [-0.25, -0.2) is 0 Å². The second kappa shape index (κ2) is 4.28. The second-order valence-electron chi connectivity index (χ2n) is 3.05. The SMILES string of the molecule is COc1ccc(-c2sccc2C=O)cc1. The molecule has 0 atom stereocenters. The molecule has 0 bridgehead atoms. The Labute approximate surface area is 92.1 Å². The predicted octanol–water partition coefficient (Wildman–Crippen LogP) is 3.24. The average Bonchev–Trinajstić information content (AvgIpc) is 2.77. The van der Waals surface area contributed by atoms with E-state index >= 15 is 0 Å². The third-order valence-electron chi connectivity index (χ3n) is 2.17. The highest BCUT2D eigenvalue weighted by Gasteiger charge is 2.05. The Hall–Kier alpha value is -1.61. The van der Waals surface area contributed by atoms with Gasteiger partial charge in [-0.3, -0.25) is 4.79 Å². The number of hydrogen-bond donors (Lipinski definition) is 0. The van der Waals surface area contributed by atoms with Gasteiger partial charge < -0.3 is 4.74 Å². The molecule has 0 amide bonds. The monoisotopic (exact) mass is 218 g/mol. The smallest absolute Gasteiger partial charge is 0.151 e. The van der Waals surface area contributed by atoms with E-state index in [1.54, 1.807) is 18.4 Å². The van der Waals surface area contributed by atoms with Crippen molar-refractivity contribution in [3.63, 3.8) is 0 Å². The number of carbonyl (C=O) groups excluding carboxylic acids is 1. The van der Waals surface area contributed by atoms with E-state index in [0.29, 0.717) is 0 Å². The van der Waals surface area contributed by atoms with E-state index in [9.17, 15) is 4.79 Å². The number of benzene rings is 1. The molecule has 1 aromatic heterocycles. The van der Waals surface area contributed by atoms with E-state index in [1.807, 2.05) is 35.7 Å². The van der Waals surface area contributed by atoms with Crippen LogP contribution in [0.5, 0.6) is 5.75 Å². The van der Waals surface area contributed by atoms with Gasteiger partial charge in [-0.2, -0.15) is 0 Å². The zero-order chi connectivity index (χ0) is 10.7. The van der Waals surface area contributed by atoms with E-state index in [-0.39, 0.29) is 0 Å². The fourth-order valence-electron chi connectivity index (χ4n) is 1.39. The van der Waals surface area contributed by atoms with E-state index < -0.39 is 0 Å². The number of aldehydes is 1. The lowest BCUT2D eigenvalue weighted by Gasteiger charge is -2.01. The van der Waals surface area contributed by atoms with Crippen LogP contribution in [0.25, 0.3) is 10.4 Å². The van der Waals surface area contributed by atoms with Crippen molar-refractivity contribution < 1.29 is 9.53 Å². The minimum atomic E-state index is 0.741. The Bertz CT molecular complexity index is 457. The van der Waals surface area contributed by atoms with Gasteiger partial charge in [0.05, 0.1) is 7.11 Å². The average molecular weight is 218 g/mol. The molecule has 2 nitrogen and oxygen atoms in total. The first-order chi connectivity index (χ1) is 7.35. The summed E-state index contributed by atoms with van der Waals surface area (Å²) in [4.78, 5) is 11.8. The summed E-state index contributed by atoms with van der Waals surface area (Å²) in [6.45, 7) is 0. The minimum absolute atomic E-state index is 0.741. The lowest BCUT2D eigenvalue weighted by molar-refractivity contribution is 0.112. The van der Waals surface area contributed by atoms with Crippen molar-refractivity contribution in [3.8, 4) is 16.2 Å². The van der Waals surface area contributed by atoms with Crippen molar-refractivity contribution in [2.45, 2.75) is 0 Å². The fraction of sp³-hybridized carbons (Fsp3) is 0.0833. The first-order valence-corrected chi connectivity index (χ1v) is 5.40. The third-order valence-corrected chi connectivity index (χ3v) is 3.15. The summed E-state index contributed by atoms with van der Waals surface area (Å²) in [5.74, 6) is 0.822. The third kappa shape index (κ3) is 1.92. The van der Waals surface area contributed by atoms with Gasteiger partial charge in [0, 0.05) is 10.4 Å². The Morgan fingerprint density at radius 2 is 1.93 bits per heavy atom. The molecule has 0 aliphatic rings. The molecule has 0 spiro atoms. The maximum Gasteiger partial charge on any atom is 0.151 e. The second-order valence-corrected chi connectivity index (χ2v) is 3.97. The molecule has 2 rings (SSSR count). The van der Waals surface area contributed by atoms with E-state index in [1.165, 1.54) is 0 Å². The molecular weight excluding hydrogens is 208 g/mol. The molecule has 0 fully saturated rings. The number of ether oxygens (including phenoxy) is 1. The Morgan fingerprint density at radius 3 is 2.53 bits per heavy atom. The lowest BCUT2D eigenvalue weighted by Crippen LogP contribution is -1.83. The number of rotatable bonds is 3. The van der Waals surface area contributed by atoms with Crippen molar-refractivity contribution in [3.05, 3.63) is 41.3 Å². The van der Waals surface area contributed by atoms with Gasteiger partial charge in [0.25, 0.3) is 0 Å². The van der Waals surface area contributed by atoms with Crippen LogP contribution in [0.15, 0.2) is 35.7 Å². The zero-order valence-corrected chi connectivity index (χ0v) is 9.08. The van der Waals surface area contributed by atoms with Crippen LogP contribution in [-0.2, 0) is 0 Å². The molecule has 0 aliphatic heterocycles. The number of methoxy groups -OCH3 is 1. The fourth-order valence-corrected chi connectivity index (χ4v) is 2.26. The molecule has 0 unspecified atom stereocenters. The van der Waals surface area contributed by atoms with Gasteiger partial charge in [-0.15, -0.1) is 11.3 Å².